The van der Waals surface area contributed by atoms with Crippen LogP contribution in [0.1, 0.15) is 6.92 Å². The average molecular weight is 268 g/mol. The van der Waals surface area contributed by atoms with Crippen LogP contribution in [-0.2, 0) is 10.0 Å². The lowest BCUT2D eigenvalue weighted by Crippen LogP contribution is -2.26. The molecule has 0 saturated heterocycles. The maximum Gasteiger partial charge on any atom is 0.232 e. The number of hydrogen-bond donors (Lipinski definition) is 3. The molecule has 1 heterocycles. The molecule has 0 saturated carbocycles. The summed E-state index contributed by atoms with van der Waals surface area (Å²) in [5.74, 6) is 0.768. The van der Waals surface area contributed by atoms with Crippen molar-refractivity contribution in [3.8, 4) is 0 Å². The number of hydrogen-bond acceptors (Lipinski definition) is 5. The molecule has 0 spiro atoms. The van der Waals surface area contributed by atoms with E-state index in [0.717, 1.165) is 18.8 Å². The van der Waals surface area contributed by atoms with Crippen LogP contribution in [0.25, 0.3) is 0 Å². The Labute approximate surface area is 107 Å². The van der Waals surface area contributed by atoms with Gasteiger partial charge in [-0.05, 0) is 25.1 Å². The number of guanidine groups is 1. The molecule has 0 amide bonds. The van der Waals surface area contributed by atoms with E-state index in [-0.39, 0.29) is 5.75 Å². The van der Waals surface area contributed by atoms with E-state index in [4.69, 9.17) is 0 Å². The molecule has 0 fully saturated rings. The fraction of sp³-hybridized carbons (Fsp3) is 0.364. The highest BCUT2D eigenvalue weighted by Crippen LogP contribution is 2.16. The Morgan fingerprint density at radius 1 is 1.39 bits per heavy atom. The van der Waals surface area contributed by atoms with Crippen LogP contribution in [0, 0.1) is 0 Å². The van der Waals surface area contributed by atoms with Crippen molar-refractivity contribution < 1.29 is 8.42 Å². The fourth-order valence-corrected chi connectivity index (χ4v) is 2.16. The van der Waals surface area contributed by atoms with Crippen molar-refractivity contribution >= 4 is 27.4 Å². The quantitative estimate of drug-likeness (QED) is 0.755. The van der Waals surface area contributed by atoms with Crippen molar-refractivity contribution in [1.29, 1.82) is 0 Å². The molecule has 0 atom stereocenters. The van der Waals surface area contributed by atoms with E-state index in [9.17, 15) is 8.42 Å². The largest absolute Gasteiger partial charge is 0.354 e. The number of nitrogens with zero attached hydrogens (tertiary/aromatic N) is 1. The first-order valence-corrected chi connectivity index (χ1v) is 7.40. The third-order valence-corrected chi connectivity index (χ3v) is 3.76. The van der Waals surface area contributed by atoms with Gasteiger partial charge in [0.05, 0.1) is 18.0 Å². The molecule has 7 heteroatoms. The number of sulfonamides is 1. The van der Waals surface area contributed by atoms with E-state index in [1.807, 2.05) is 6.07 Å². The fourth-order valence-electron chi connectivity index (χ4n) is 1.53. The number of rotatable bonds is 4. The van der Waals surface area contributed by atoms with Gasteiger partial charge in [0, 0.05) is 12.2 Å². The standard InChI is InChI=1S/C11H16N4O2S/c1-2-18(16,17)15-10-5-3-4-9(8-10)14-11-12-6-7-13-11/h3-5,8,15H,2,6-7H2,1H3,(H2,12,13,14). The van der Waals surface area contributed by atoms with Gasteiger partial charge in [0.1, 0.15) is 0 Å². The van der Waals surface area contributed by atoms with E-state index >= 15 is 0 Å². The molecule has 2 rings (SSSR count). The Hall–Kier alpha value is -1.76. The van der Waals surface area contributed by atoms with Crippen LogP contribution >= 0.6 is 0 Å². The monoisotopic (exact) mass is 268 g/mol. The van der Waals surface area contributed by atoms with Crippen LogP contribution in [0.5, 0.6) is 0 Å². The third kappa shape index (κ3) is 3.36. The number of anilines is 2. The smallest absolute Gasteiger partial charge is 0.232 e. The minimum Gasteiger partial charge on any atom is -0.354 e. The topological polar surface area (TPSA) is 82.6 Å². The van der Waals surface area contributed by atoms with Crippen molar-refractivity contribution in [3.63, 3.8) is 0 Å². The van der Waals surface area contributed by atoms with Crippen LogP contribution in [0.4, 0.5) is 11.4 Å². The molecule has 1 aromatic rings. The highest BCUT2D eigenvalue weighted by atomic mass is 32.2. The summed E-state index contributed by atoms with van der Waals surface area (Å²) in [6, 6.07) is 7.08. The summed E-state index contributed by atoms with van der Waals surface area (Å²) in [7, 11) is -3.24. The van der Waals surface area contributed by atoms with E-state index in [1.165, 1.54) is 0 Å². The van der Waals surface area contributed by atoms with Gasteiger partial charge in [0.15, 0.2) is 5.96 Å². The number of benzene rings is 1. The van der Waals surface area contributed by atoms with Crippen molar-refractivity contribution in [3.05, 3.63) is 24.3 Å². The van der Waals surface area contributed by atoms with Crippen molar-refractivity contribution in [2.45, 2.75) is 6.92 Å². The summed E-state index contributed by atoms with van der Waals surface area (Å²) in [6.45, 7) is 3.18. The van der Waals surface area contributed by atoms with Gasteiger partial charge < -0.3 is 10.6 Å². The van der Waals surface area contributed by atoms with Gasteiger partial charge in [-0.2, -0.15) is 0 Å². The van der Waals surface area contributed by atoms with Crippen LogP contribution in [0.2, 0.25) is 0 Å². The average Bonchev–Trinajstić information content (AvgIpc) is 2.82. The summed E-state index contributed by atoms with van der Waals surface area (Å²) in [5, 5.41) is 6.17. The van der Waals surface area contributed by atoms with Crippen LogP contribution in [0.15, 0.2) is 29.3 Å². The van der Waals surface area contributed by atoms with Gasteiger partial charge in [-0.15, -0.1) is 0 Å². The van der Waals surface area contributed by atoms with Crippen molar-refractivity contribution in [2.24, 2.45) is 4.99 Å². The van der Waals surface area contributed by atoms with Crippen molar-refractivity contribution in [1.82, 2.24) is 5.32 Å². The van der Waals surface area contributed by atoms with E-state index < -0.39 is 10.0 Å². The van der Waals surface area contributed by atoms with Crippen LogP contribution in [-0.4, -0.2) is 33.2 Å². The van der Waals surface area contributed by atoms with E-state index in [0.29, 0.717) is 11.6 Å². The molecular formula is C11H16N4O2S. The van der Waals surface area contributed by atoms with Gasteiger partial charge >= 0.3 is 0 Å². The Morgan fingerprint density at radius 2 is 2.17 bits per heavy atom. The normalized spacial score (nSPS) is 14.8. The zero-order chi connectivity index (χ0) is 13.0. The zero-order valence-corrected chi connectivity index (χ0v) is 10.9. The Bertz CT molecular complexity index is 554. The highest BCUT2D eigenvalue weighted by molar-refractivity contribution is 7.92. The van der Waals surface area contributed by atoms with Gasteiger partial charge in [-0.3, -0.25) is 9.71 Å². The molecule has 98 valence electrons. The molecular weight excluding hydrogens is 252 g/mol. The Balaban J connectivity index is 2.10. The molecule has 18 heavy (non-hydrogen) atoms. The van der Waals surface area contributed by atoms with Gasteiger partial charge in [0.25, 0.3) is 0 Å². The molecule has 1 aromatic carbocycles. The second-order valence-electron chi connectivity index (χ2n) is 3.87. The summed E-state index contributed by atoms with van der Waals surface area (Å²) in [5.41, 5.74) is 1.33. The molecule has 0 aromatic heterocycles. The van der Waals surface area contributed by atoms with Crippen LogP contribution in [0.3, 0.4) is 0 Å². The molecule has 6 nitrogen and oxygen atoms in total. The lowest BCUT2D eigenvalue weighted by Gasteiger charge is -2.10. The second-order valence-corrected chi connectivity index (χ2v) is 5.88. The predicted molar refractivity (Wildman–Crippen MR) is 73.5 cm³/mol. The molecule has 1 aliphatic rings. The highest BCUT2D eigenvalue weighted by Gasteiger charge is 2.08. The molecule has 3 N–H and O–H groups in total. The lowest BCUT2D eigenvalue weighted by molar-refractivity contribution is 0.602. The predicted octanol–water partition coefficient (Wildman–Crippen LogP) is 0.819. The first kappa shape index (κ1) is 12.7. The Kier molecular flexibility index (Phi) is 3.71. The Morgan fingerprint density at radius 3 is 2.83 bits per heavy atom. The first-order valence-electron chi connectivity index (χ1n) is 5.75. The number of nitrogens with one attached hydrogen (secondary N) is 3. The maximum atomic E-state index is 11.5. The molecule has 0 unspecified atom stereocenters. The van der Waals surface area contributed by atoms with E-state index in [1.54, 1.807) is 25.1 Å². The molecule has 0 aliphatic carbocycles. The minimum atomic E-state index is -3.24. The molecule has 0 radical (unpaired) electrons. The molecule has 1 aliphatic heterocycles. The summed E-state index contributed by atoms with van der Waals surface area (Å²) < 4.78 is 25.4. The second kappa shape index (κ2) is 5.26. The van der Waals surface area contributed by atoms with Crippen LogP contribution < -0.4 is 15.4 Å². The summed E-state index contributed by atoms with van der Waals surface area (Å²) in [6.07, 6.45) is 0. The van der Waals surface area contributed by atoms with E-state index in [2.05, 4.69) is 20.3 Å². The van der Waals surface area contributed by atoms with Crippen molar-refractivity contribution in [2.75, 3.05) is 28.9 Å². The maximum absolute atomic E-state index is 11.5. The number of aliphatic imine (C=N–C) groups is 1. The lowest BCUT2D eigenvalue weighted by atomic mass is 10.3. The third-order valence-electron chi connectivity index (χ3n) is 2.45. The SMILES string of the molecule is CCS(=O)(=O)Nc1cccc(NC2=NCCN2)c1. The summed E-state index contributed by atoms with van der Waals surface area (Å²) in [4.78, 5) is 4.21. The summed E-state index contributed by atoms with van der Waals surface area (Å²) >= 11 is 0. The first-order chi connectivity index (χ1) is 8.59. The van der Waals surface area contributed by atoms with Gasteiger partial charge in [-0.25, -0.2) is 8.42 Å². The van der Waals surface area contributed by atoms with Gasteiger partial charge in [0.2, 0.25) is 10.0 Å². The van der Waals surface area contributed by atoms with Gasteiger partial charge in [-0.1, -0.05) is 6.07 Å². The minimum absolute atomic E-state index is 0.0545. The molecule has 0 bridgehead atoms. The zero-order valence-electron chi connectivity index (χ0n) is 10.1.